The Hall–Kier alpha value is -2.10. The van der Waals surface area contributed by atoms with Crippen molar-refractivity contribution in [3.8, 4) is 5.75 Å². The first-order valence-electron chi connectivity index (χ1n) is 4.00. The minimum absolute atomic E-state index is 0.0620. The number of hydrogen-bond acceptors (Lipinski definition) is 3. The van der Waals surface area contributed by atoms with Crippen LogP contribution in [0.3, 0.4) is 0 Å². The first-order valence-corrected chi connectivity index (χ1v) is 4.00. The molecule has 4 nitrogen and oxygen atoms in total. The summed E-state index contributed by atoms with van der Waals surface area (Å²) < 4.78 is 0. The molecule has 0 saturated heterocycles. The first-order chi connectivity index (χ1) is 6.70. The van der Waals surface area contributed by atoms with Crippen LogP contribution >= 0.6 is 0 Å². The van der Waals surface area contributed by atoms with E-state index in [4.69, 9.17) is 5.11 Å². The number of fused-ring (bicyclic) bond motifs is 1. The molecule has 2 rings (SSSR count). The van der Waals surface area contributed by atoms with Crippen molar-refractivity contribution in [2.75, 3.05) is 0 Å². The lowest BCUT2D eigenvalue weighted by molar-refractivity contribution is 0.0692. The topological polar surface area (TPSA) is 70.4 Å². The van der Waals surface area contributed by atoms with Gasteiger partial charge in [0.2, 0.25) is 0 Å². The quantitative estimate of drug-likeness (QED) is 0.715. The first kappa shape index (κ1) is 8.50. The zero-order valence-corrected chi connectivity index (χ0v) is 7.14. The van der Waals surface area contributed by atoms with Crippen LogP contribution in [-0.2, 0) is 0 Å². The van der Waals surface area contributed by atoms with Gasteiger partial charge in [-0.3, -0.25) is 0 Å². The van der Waals surface area contributed by atoms with Gasteiger partial charge in [-0.25, -0.2) is 9.78 Å². The second-order valence-electron chi connectivity index (χ2n) is 2.84. The van der Waals surface area contributed by atoms with E-state index in [1.54, 1.807) is 18.2 Å². The van der Waals surface area contributed by atoms with Gasteiger partial charge in [-0.2, -0.15) is 0 Å². The summed E-state index contributed by atoms with van der Waals surface area (Å²) in [6, 6.07) is 6.48. The van der Waals surface area contributed by atoms with E-state index in [2.05, 4.69) is 4.98 Å². The van der Waals surface area contributed by atoms with Crippen molar-refractivity contribution in [2.24, 2.45) is 0 Å². The number of rotatable bonds is 1. The highest BCUT2D eigenvalue weighted by atomic mass is 16.4. The molecule has 0 bridgehead atoms. The van der Waals surface area contributed by atoms with Crippen LogP contribution in [0.5, 0.6) is 5.75 Å². The molecule has 2 aromatic rings. The third kappa shape index (κ3) is 1.17. The van der Waals surface area contributed by atoms with Gasteiger partial charge in [-0.05, 0) is 17.5 Å². The fourth-order valence-corrected chi connectivity index (χ4v) is 1.37. The van der Waals surface area contributed by atoms with Crippen LogP contribution in [0.4, 0.5) is 0 Å². The molecule has 0 aliphatic heterocycles. The van der Waals surface area contributed by atoms with Gasteiger partial charge in [-0.1, -0.05) is 12.1 Å². The van der Waals surface area contributed by atoms with Gasteiger partial charge >= 0.3 is 5.97 Å². The summed E-state index contributed by atoms with van der Waals surface area (Å²) in [4.78, 5) is 14.5. The Bertz CT molecular complexity index is 502. The van der Waals surface area contributed by atoms with Gasteiger partial charge in [0, 0.05) is 6.20 Å². The van der Waals surface area contributed by atoms with E-state index < -0.39 is 5.97 Å². The molecule has 0 aliphatic carbocycles. The minimum Gasteiger partial charge on any atom is -0.507 e. The molecule has 0 radical (unpaired) electrons. The van der Waals surface area contributed by atoms with Gasteiger partial charge in [0.05, 0.1) is 5.39 Å². The van der Waals surface area contributed by atoms with Crippen LogP contribution in [0, 0.1) is 0 Å². The number of carbonyl (C=O) groups is 1. The molecule has 0 fully saturated rings. The summed E-state index contributed by atoms with van der Waals surface area (Å²) in [6.07, 6.45) is 1.41. The largest absolute Gasteiger partial charge is 0.507 e. The summed E-state index contributed by atoms with van der Waals surface area (Å²) in [7, 11) is 0. The highest BCUT2D eigenvalue weighted by molar-refractivity contribution is 6.04. The van der Waals surface area contributed by atoms with E-state index in [0.29, 0.717) is 5.39 Å². The molecular formula is C10H7NO3. The molecule has 4 heteroatoms. The van der Waals surface area contributed by atoms with Crippen molar-refractivity contribution in [2.45, 2.75) is 0 Å². The molecule has 0 aliphatic rings. The SMILES string of the molecule is O=C(O)c1nccc2cccc(O)c12. The summed E-state index contributed by atoms with van der Waals surface area (Å²) in [6.45, 7) is 0. The molecular weight excluding hydrogens is 182 g/mol. The number of phenolic OH excluding ortho intramolecular Hbond substituents is 1. The van der Waals surface area contributed by atoms with Crippen LogP contribution < -0.4 is 0 Å². The molecule has 0 saturated carbocycles. The predicted octanol–water partition coefficient (Wildman–Crippen LogP) is 1.64. The Kier molecular flexibility index (Phi) is 1.81. The van der Waals surface area contributed by atoms with Gasteiger partial charge in [-0.15, -0.1) is 0 Å². The number of benzene rings is 1. The van der Waals surface area contributed by atoms with E-state index in [0.717, 1.165) is 0 Å². The monoisotopic (exact) mass is 189 g/mol. The zero-order chi connectivity index (χ0) is 10.1. The second-order valence-corrected chi connectivity index (χ2v) is 2.84. The van der Waals surface area contributed by atoms with Crippen LogP contribution in [-0.4, -0.2) is 21.2 Å². The lowest BCUT2D eigenvalue weighted by atomic mass is 10.1. The molecule has 1 aromatic carbocycles. The van der Waals surface area contributed by atoms with E-state index >= 15 is 0 Å². The Labute approximate surface area is 79.4 Å². The maximum atomic E-state index is 10.8. The average molecular weight is 189 g/mol. The summed E-state index contributed by atoms with van der Waals surface area (Å²) in [5.74, 6) is -1.20. The maximum Gasteiger partial charge on any atom is 0.355 e. The van der Waals surface area contributed by atoms with Crippen molar-refractivity contribution in [1.82, 2.24) is 4.98 Å². The van der Waals surface area contributed by atoms with Gasteiger partial charge in [0.1, 0.15) is 5.75 Å². The Morgan fingerprint density at radius 3 is 2.79 bits per heavy atom. The minimum atomic E-state index is -1.14. The van der Waals surface area contributed by atoms with Crippen molar-refractivity contribution in [1.29, 1.82) is 0 Å². The standard InChI is InChI=1S/C10H7NO3/c12-7-3-1-2-6-4-5-11-9(8(6)7)10(13)14/h1-5,12H,(H,13,14). The molecule has 1 aromatic heterocycles. The average Bonchev–Trinajstić information content (AvgIpc) is 2.17. The Morgan fingerprint density at radius 2 is 2.07 bits per heavy atom. The zero-order valence-electron chi connectivity index (χ0n) is 7.14. The van der Waals surface area contributed by atoms with E-state index in [1.165, 1.54) is 12.3 Å². The number of carboxylic acids is 1. The van der Waals surface area contributed by atoms with Crippen LogP contribution in [0.1, 0.15) is 10.5 Å². The number of aromatic nitrogens is 1. The number of pyridine rings is 1. The number of nitrogens with zero attached hydrogens (tertiary/aromatic N) is 1. The summed E-state index contributed by atoms with van der Waals surface area (Å²) in [5, 5.41) is 19.3. The van der Waals surface area contributed by atoms with Crippen molar-refractivity contribution in [3.63, 3.8) is 0 Å². The molecule has 70 valence electrons. The smallest absolute Gasteiger partial charge is 0.355 e. The van der Waals surface area contributed by atoms with Crippen molar-refractivity contribution < 1.29 is 15.0 Å². The third-order valence-corrected chi connectivity index (χ3v) is 1.97. The van der Waals surface area contributed by atoms with E-state index in [-0.39, 0.29) is 16.8 Å². The lowest BCUT2D eigenvalue weighted by Gasteiger charge is -2.02. The van der Waals surface area contributed by atoms with E-state index in [1.807, 2.05) is 0 Å². The highest BCUT2D eigenvalue weighted by Crippen LogP contribution is 2.26. The second kappa shape index (κ2) is 2.99. The fraction of sp³-hybridized carbons (Fsp3) is 0. The number of carboxylic acid groups (broad SMARTS) is 1. The summed E-state index contributed by atoms with van der Waals surface area (Å²) in [5.41, 5.74) is -0.124. The molecule has 0 spiro atoms. The summed E-state index contributed by atoms with van der Waals surface area (Å²) >= 11 is 0. The predicted molar refractivity (Wildman–Crippen MR) is 50.4 cm³/mol. The normalized spacial score (nSPS) is 10.3. The lowest BCUT2D eigenvalue weighted by Crippen LogP contribution is -2.00. The van der Waals surface area contributed by atoms with Gasteiger partial charge in [0.15, 0.2) is 5.69 Å². The number of phenols is 1. The fourth-order valence-electron chi connectivity index (χ4n) is 1.37. The van der Waals surface area contributed by atoms with Crippen LogP contribution in [0.2, 0.25) is 0 Å². The third-order valence-electron chi connectivity index (χ3n) is 1.97. The number of aromatic hydroxyl groups is 1. The van der Waals surface area contributed by atoms with Crippen LogP contribution in [0.25, 0.3) is 10.8 Å². The molecule has 0 unspecified atom stereocenters. The highest BCUT2D eigenvalue weighted by Gasteiger charge is 2.12. The van der Waals surface area contributed by atoms with E-state index in [9.17, 15) is 9.90 Å². The van der Waals surface area contributed by atoms with Crippen LogP contribution in [0.15, 0.2) is 30.5 Å². The van der Waals surface area contributed by atoms with Gasteiger partial charge in [0.25, 0.3) is 0 Å². The molecule has 14 heavy (non-hydrogen) atoms. The maximum absolute atomic E-state index is 10.8. The van der Waals surface area contributed by atoms with Gasteiger partial charge < -0.3 is 10.2 Å². The molecule has 1 heterocycles. The molecule has 0 atom stereocenters. The van der Waals surface area contributed by atoms with Crippen molar-refractivity contribution >= 4 is 16.7 Å². The number of hydrogen-bond donors (Lipinski definition) is 2. The number of aromatic carboxylic acids is 1. The molecule has 2 N–H and O–H groups in total. The van der Waals surface area contributed by atoms with Crippen molar-refractivity contribution in [3.05, 3.63) is 36.2 Å². The Balaban J connectivity index is 2.91. The Morgan fingerprint density at radius 1 is 1.29 bits per heavy atom. The molecule has 0 amide bonds.